The smallest absolute Gasteiger partial charge is 0.264 e. The van der Waals surface area contributed by atoms with Crippen LogP contribution in [0, 0.1) is 6.92 Å². The lowest BCUT2D eigenvalue weighted by Gasteiger charge is -2.32. The maximum Gasteiger partial charge on any atom is 0.264 e. The second-order valence-corrected chi connectivity index (χ2v) is 11.3. The fourth-order valence-corrected chi connectivity index (χ4v) is 5.73. The zero-order chi connectivity index (χ0) is 27.7. The summed E-state index contributed by atoms with van der Waals surface area (Å²) in [6, 6.07) is 21.7. The van der Waals surface area contributed by atoms with Crippen LogP contribution in [0.4, 0.5) is 5.69 Å². The van der Waals surface area contributed by atoms with E-state index >= 15 is 0 Å². The highest BCUT2D eigenvalue weighted by Gasteiger charge is 2.33. The predicted octanol–water partition coefficient (Wildman–Crippen LogP) is 4.83. The molecule has 1 atom stereocenters. The quantitative estimate of drug-likeness (QED) is 0.347. The fraction of sp³-hybridized carbons (Fsp3) is 0.310. The second-order valence-electron chi connectivity index (χ2n) is 9.00. The number of benzene rings is 3. The Morgan fingerprint density at radius 1 is 0.947 bits per heavy atom. The highest BCUT2D eigenvalue weighted by atomic mass is 35.5. The molecule has 0 saturated heterocycles. The van der Waals surface area contributed by atoms with Gasteiger partial charge in [-0.3, -0.25) is 13.9 Å². The molecule has 202 valence electrons. The minimum atomic E-state index is -4.12. The van der Waals surface area contributed by atoms with Crippen molar-refractivity contribution in [2.45, 2.75) is 44.6 Å². The zero-order valence-corrected chi connectivity index (χ0v) is 23.5. The molecule has 0 radical (unpaired) electrons. The maximum atomic E-state index is 13.8. The maximum absolute atomic E-state index is 13.8. The number of hydrogen-bond acceptors (Lipinski definition) is 4. The molecule has 3 aromatic rings. The molecular weight excluding hydrogens is 522 g/mol. The van der Waals surface area contributed by atoms with Gasteiger partial charge in [0.15, 0.2) is 0 Å². The molecule has 7 nitrogen and oxygen atoms in total. The van der Waals surface area contributed by atoms with Gasteiger partial charge < -0.3 is 10.2 Å². The first-order chi connectivity index (χ1) is 18.2. The molecule has 1 unspecified atom stereocenters. The van der Waals surface area contributed by atoms with Crippen LogP contribution in [-0.2, 0) is 26.0 Å². The molecule has 0 spiro atoms. The number of sulfonamides is 1. The van der Waals surface area contributed by atoms with Crippen LogP contribution in [0.3, 0.4) is 0 Å². The third-order valence-corrected chi connectivity index (χ3v) is 8.50. The van der Waals surface area contributed by atoms with Gasteiger partial charge in [0.1, 0.15) is 12.6 Å². The summed E-state index contributed by atoms with van der Waals surface area (Å²) >= 11 is 6.34. The van der Waals surface area contributed by atoms with Crippen molar-refractivity contribution in [2.24, 2.45) is 0 Å². The fourth-order valence-electron chi connectivity index (χ4n) is 4.07. The van der Waals surface area contributed by atoms with Gasteiger partial charge in [0.05, 0.1) is 10.6 Å². The van der Waals surface area contributed by atoms with Gasteiger partial charge in [0, 0.05) is 18.1 Å². The first-order valence-corrected chi connectivity index (χ1v) is 14.4. The van der Waals surface area contributed by atoms with Crippen LogP contribution >= 0.6 is 11.6 Å². The summed E-state index contributed by atoms with van der Waals surface area (Å²) in [7, 11) is -4.12. The number of rotatable bonds is 12. The van der Waals surface area contributed by atoms with Crippen LogP contribution < -0.4 is 9.62 Å². The molecule has 0 bridgehead atoms. The van der Waals surface area contributed by atoms with Gasteiger partial charge in [0.25, 0.3) is 10.0 Å². The number of hydrogen-bond donors (Lipinski definition) is 1. The first kappa shape index (κ1) is 29.2. The Bertz CT molecular complexity index is 1330. The molecule has 3 aromatic carbocycles. The van der Waals surface area contributed by atoms with E-state index in [1.807, 2.05) is 37.3 Å². The zero-order valence-electron chi connectivity index (χ0n) is 21.9. The van der Waals surface area contributed by atoms with E-state index in [1.54, 1.807) is 50.2 Å². The summed E-state index contributed by atoms with van der Waals surface area (Å²) in [6.07, 6.45) is 1.27. The molecule has 1 N–H and O–H groups in total. The molecule has 0 aliphatic carbocycles. The van der Waals surface area contributed by atoms with Crippen molar-refractivity contribution in [1.29, 1.82) is 0 Å². The summed E-state index contributed by atoms with van der Waals surface area (Å²) in [5.74, 6) is -0.774. The highest BCUT2D eigenvalue weighted by molar-refractivity contribution is 7.92. The van der Waals surface area contributed by atoms with Gasteiger partial charge in [0.2, 0.25) is 11.8 Å². The predicted molar refractivity (Wildman–Crippen MR) is 152 cm³/mol. The van der Waals surface area contributed by atoms with Crippen molar-refractivity contribution in [3.05, 3.63) is 95.0 Å². The molecule has 38 heavy (non-hydrogen) atoms. The second kappa shape index (κ2) is 13.4. The number of anilines is 1. The van der Waals surface area contributed by atoms with E-state index < -0.39 is 28.5 Å². The van der Waals surface area contributed by atoms with Crippen LogP contribution in [0.25, 0.3) is 0 Å². The van der Waals surface area contributed by atoms with E-state index in [4.69, 9.17) is 11.6 Å². The Morgan fingerprint density at radius 2 is 1.58 bits per heavy atom. The van der Waals surface area contributed by atoms with Gasteiger partial charge in [-0.05, 0) is 62.1 Å². The number of nitrogens with zero attached hydrogens (tertiary/aromatic N) is 2. The van der Waals surface area contributed by atoms with Crippen LogP contribution in [-0.4, -0.2) is 50.8 Å². The van der Waals surface area contributed by atoms with Crippen molar-refractivity contribution >= 4 is 39.1 Å². The summed E-state index contributed by atoms with van der Waals surface area (Å²) in [4.78, 5) is 28.2. The molecule has 0 saturated carbocycles. The lowest BCUT2D eigenvalue weighted by atomic mass is 10.1. The molecule has 2 amide bonds. The summed E-state index contributed by atoms with van der Waals surface area (Å²) < 4.78 is 28.7. The Kier molecular flexibility index (Phi) is 10.3. The number of carbonyl (C=O) groups excluding carboxylic acids is 2. The Balaban J connectivity index is 1.99. The minimum Gasteiger partial charge on any atom is -0.354 e. The molecular formula is C29H34ClN3O4S. The van der Waals surface area contributed by atoms with Gasteiger partial charge in [-0.15, -0.1) is 0 Å². The molecule has 0 aliphatic rings. The highest BCUT2D eigenvalue weighted by Crippen LogP contribution is 2.31. The van der Waals surface area contributed by atoms with Crippen molar-refractivity contribution in [2.75, 3.05) is 23.9 Å². The summed E-state index contributed by atoms with van der Waals surface area (Å²) in [5.41, 5.74) is 1.85. The first-order valence-electron chi connectivity index (χ1n) is 12.6. The number of carbonyl (C=O) groups is 2. The van der Waals surface area contributed by atoms with Crippen LogP contribution in [0.1, 0.15) is 31.4 Å². The number of amides is 2. The van der Waals surface area contributed by atoms with Gasteiger partial charge in [-0.25, -0.2) is 8.42 Å². The molecule has 0 heterocycles. The minimum absolute atomic E-state index is 0.0525. The van der Waals surface area contributed by atoms with E-state index in [1.165, 1.54) is 17.0 Å². The SMILES string of the molecule is CCCNC(=O)C(C)N(CCc1ccccc1)C(=O)CN(c1cccc(Cl)c1C)S(=O)(=O)c1ccccc1. The molecule has 0 fully saturated rings. The summed E-state index contributed by atoms with van der Waals surface area (Å²) in [5, 5.41) is 3.23. The van der Waals surface area contributed by atoms with Crippen LogP contribution in [0.5, 0.6) is 0 Å². The lowest BCUT2D eigenvalue weighted by Crippen LogP contribution is -2.52. The molecule has 0 aliphatic heterocycles. The lowest BCUT2D eigenvalue weighted by molar-refractivity contribution is -0.138. The Hall–Kier alpha value is -3.36. The van der Waals surface area contributed by atoms with Gasteiger partial charge in [-0.2, -0.15) is 0 Å². The average Bonchev–Trinajstić information content (AvgIpc) is 2.93. The Labute approximate surface area is 230 Å². The normalized spacial score (nSPS) is 12.0. The summed E-state index contributed by atoms with van der Waals surface area (Å²) in [6.45, 7) is 5.57. The Morgan fingerprint density at radius 3 is 2.21 bits per heavy atom. The van der Waals surface area contributed by atoms with E-state index in [0.717, 1.165) is 16.3 Å². The van der Waals surface area contributed by atoms with Gasteiger partial charge in [-0.1, -0.05) is 73.1 Å². The number of nitrogens with one attached hydrogen (secondary N) is 1. The van der Waals surface area contributed by atoms with E-state index in [0.29, 0.717) is 29.2 Å². The van der Waals surface area contributed by atoms with Gasteiger partial charge >= 0.3 is 0 Å². The third kappa shape index (κ3) is 7.14. The standard InChI is InChI=1S/C29H34ClN3O4S/c1-4-19-31-29(35)23(3)32(20-18-24-12-7-5-8-13-24)28(34)21-33(27-17-11-16-26(30)22(27)2)38(36,37)25-14-9-6-10-15-25/h5-17,23H,4,18-21H2,1-3H3,(H,31,35). The van der Waals surface area contributed by atoms with Crippen molar-refractivity contribution in [3.63, 3.8) is 0 Å². The topological polar surface area (TPSA) is 86.8 Å². The van der Waals surface area contributed by atoms with E-state index in [-0.39, 0.29) is 17.3 Å². The van der Waals surface area contributed by atoms with Crippen molar-refractivity contribution < 1.29 is 18.0 Å². The van der Waals surface area contributed by atoms with Crippen molar-refractivity contribution in [3.8, 4) is 0 Å². The average molecular weight is 556 g/mol. The van der Waals surface area contributed by atoms with Crippen LogP contribution in [0.2, 0.25) is 5.02 Å². The number of halogens is 1. The van der Waals surface area contributed by atoms with Crippen LogP contribution in [0.15, 0.2) is 83.8 Å². The third-order valence-electron chi connectivity index (χ3n) is 6.32. The van der Waals surface area contributed by atoms with Crippen molar-refractivity contribution in [1.82, 2.24) is 10.2 Å². The van der Waals surface area contributed by atoms with E-state index in [9.17, 15) is 18.0 Å². The molecule has 9 heteroatoms. The van der Waals surface area contributed by atoms with E-state index in [2.05, 4.69) is 5.32 Å². The molecule has 3 rings (SSSR count). The molecule has 0 aromatic heterocycles. The largest absolute Gasteiger partial charge is 0.354 e. The monoisotopic (exact) mass is 555 g/mol.